The van der Waals surface area contributed by atoms with Gasteiger partial charge in [-0.1, -0.05) is 0 Å². The van der Waals surface area contributed by atoms with E-state index in [1.165, 1.54) is 5.56 Å². The normalized spacial score (nSPS) is 20.5. The predicted octanol–water partition coefficient (Wildman–Crippen LogP) is 1.16. The van der Waals surface area contributed by atoms with Crippen molar-refractivity contribution in [2.75, 3.05) is 19.6 Å². The first-order chi connectivity index (χ1) is 8.27. The highest BCUT2D eigenvalue weighted by atomic mass is 16.2. The minimum atomic E-state index is 0.300. The molecule has 1 fully saturated rings. The van der Waals surface area contributed by atoms with Crippen LogP contribution in [-0.4, -0.2) is 41.5 Å². The van der Waals surface area contributed by atoms with Gasteiger partial charge in [0.15, 0.2) is 0 Å². The number of piperazine rings is 1. The van der Waals surface area contributed by atoms with E-state index in [4.69, 9.17) is 0 Å². The maximum atomic E-state index is 12.0. The van der Waals surface area contributed by atoms with Crippen molar-refractivity contribution in [1.29, 1.82) is 0 Å². The van der Waals surface area contributed by atoms with E-state index in [1.54, 1.807) is 0 Å². The van der Waals surface area contributed by atoms with Gasteiger partial charge in [0, 0.05) is 44.5 Å². The molecule has 1 unspecified atom stereocenters. The lowest BCUT2D eigenvalue weighted by Crippen LogP contribution is -2.52. The van der Waals surface area contributed by atoms with Gasteiger partial charge in [-0.05, 0) is 31.4 Å². The third kappa shape index (κ3) is 3.33. The lowest BCUT2D eigenvalue weighted by Gasteiger charge is -2.34. The highest BCUT2D eigenvalue weighted by Gasteiger charge is 2.22. The topological polar surface area (TPSA) is 48.1 Å². The summed E-state index contributed by atoms with van der Waals surface area (Å²) in [6, 6.07) is 2.40. The van der Waals surface area contributed by atoms with Gasteiger partial charge in [-0.3, -0.25) is 4.79 Å². The van der Waals surface area contributed by atoms with Crippen LogP contribution >= 0.6 is 0 Å². The van der Waals surface area contributed by atoms with Crippen LogP contribution in [0.25, 0.3) is 0 Å². The number of hydrogen-bond acceptors (Lipinski definition) is 2. The summed E-state index contributed by atoms with van der Waals surface area (Å²) in [5, 5.41) is 3.30. The largest absolute Gasteiger partial charge is 0.367 e. The second-order valence-electron chi connectivity index (χ2n) is 4.71. The van der Waals surface area contributed by atoms with E-state index in [-0.39, 0.29) is 0 Å². The lowest BCUT2D eigenvalue weighted by molar-refractivity contribution is -0.134. The minimum absolute atomic E-state index is 0.300. The van der Waals surface area contributed by atoms with Gasteiger partial charge in [0.2, 0.25) is 5.91 Å². The van der Waals surface area contributed by atoms with E-state index in [2.05, 4.69) is 23.3 Å². The number of rotatable bonds is 4. The summed E-state index contributed by atoms with van der Waals surface area (Å²) in [7, 11) is 0. The maximum absolute atomic E-state index is 12.0. The van der Waals surface area contributed by atoms with Crippen LogP contribution in [0.3, 0.4) is 0 Å². The van der Waals surface area contributed by atoms with Gasteiger partial charge in [0.25, 0.3) is 0 Å². The second-order valence-corrected chi connectivity index (χ2v) is 4.71. The number of aromatic nitrogens is 1. The van der Waals surface area contributed by atoms with Crippen molar-refractivity contribution >= 4 is 5.91 Å². The molecule has 2 heterocycles. The third-order valence-electron chi connectivity index (χ3n) is 3.34. The Balaban J connectivity index is 1.73. The van der Waals surface area contributed by atoms with Gasteiger partial charge in [0.05, 0.1) is 0 Å². The number of H-pyrrole nitrogens is 1. The van der Waals surface area contributed by atoms with Crippen LogP contribution in [0, 0.1) is 0 Å². The van der Waals surface area contributed by atoms with E-state index in [0.29, 0.717) is 18.4 Å². The summed E-state index contributed by atoms with van der Waals surface area (Å²) in [5.74, 6) is 0.300. The van der Waals surface area contributed by atoms with E-state index in [9.17, 15) is 4.79 Å². The molecule has 0 spiro atoms. The van der Waals surface area contributed by atoms with E-state index in [0.717, 1.165) is 32.5 Å². The first kappa shape index (κ1) is 12.2. The van der Waals surface area contributed by atoms with Gasteiger partial charge < -0.3 is 15.2 Å². The number of aryl methyl sites for hydroxylation is 1. The smallest absolute Gasteiger partial charge is 0.222 e. The van der Waals surface area contributed by atoms with Crippen LogP contribution in [0.5, 0.6) is 0 Å². The number of nitrogens with one attached hydrogen (secondary N) is 2. The zero-order valence-electron chi connectivity index (χ0n) is 10.4. The number of nitrogens with zero attached hydrogens (tertiary/aromatic N) is 1. The molecule has 1 amide bonds. The molecule has 0 radical (unpaired) electrons. The maximum Gasteiger partial charge on any atom is 0.222 e. The molecule has 0 aromatic carbocycles. The van der Waals surface area contributed by atoms with Crippen molar-refractivity contribution in [3.63, 3.8) is 0 Å². The molecule has 17 heavy (non-hydrogen) atoms. The van der Waals surface area contributed by atoms with Crippen molar-refractivity contribution in [1.82, 2.24) is 15.2 Å². The Hall–Kier alpha value is -1.29. The zero-order valence-corrected chi connectivity index (χ0v) is 10.4. The highest BCUT2D eigenvalue weighted by molar-refractivity contribution is 5.76. The van der Waals surface area contributed by atoms with Crippen LogP contribution in [0.15, 0.2) is 18.5 Å². The first-order valence-corrected chi connectivity index (χ1v) is 6.39. The van der Waals surface area contributed by atoms with Gasteiger partial charge in [-0.2, -0.15) is 0 Å². The fourth-order valence-corrected chi connectivity index (χ4v) is 2.31. The van der Waals surface area contributed by atoms with Crippen molar-refractivity contribution in [2.24, 2.45) is 0 Å². The average molecular weight is 235 g/mol. The SMILES string of the molecule is CC1CNCCN1C(=O)CCCc1cc[nH]c1. The number of carbonyl (C=O) groups excluding carboxylic acids is 1. The Morgan fingerprint density at radius 1 is 1.59 bits per heavy atom. The first-order valence-electron chi connectivity index (χ1n) is 6.39. The van der Waals surface area contributed by atoms with E-state index < -0.39 is 0 Å². The van der Waals surface area contributed by atoms with Crippen LogP contribution in [0.1, 0.15) is 25.3 Å². The molecule has 94 valence electrons. The molecular weight excluding hydrogens is 214 g/mol. The quantitative estimate of drug-likeness (QED) is 0.822. The van der Waals surface area contributed by atoms with E-state index in [1.807, 2.05) is 17.3 Å². The number of amides is 1. The molecular formula is C13H21N3O. The molecule has 1 atom stereocenters. The monoisotopic (exact) mass is 235 g/mol. The van der Waals surface area contributed by atoms with Gasteiger partial charge in [-0.25, -0.2) is 0 Å². The predicted molar refractivity (Wildman–Crippen MR) is 67.8 cm³/mol. The Labute approximate surface area is 102 Å². The molecule has 0 bridgehead atoms. The van der Waals surface area contributed by atoms with Crippen LogP contribution in [0.2, 0.25) is 0 Å². The van der Waals surface area contributed by atoms with Crippen LogP contribution in [-0.2, 0) is 11.2 Å². The Kier molecular flexibility index (Phi) is 4.20. The van der Waals surface area contributed by atoms with Crippen LogP contribution < -0.4 is 5.32 Å². The van der Waals surface area contributed by atoms with Crippen molar-refractivity contribution in [3.8, 4) is 0 Å². The second kappa shape index (κ2) is 5.87. The van der Waals surface area contributed by atoms with Gasteiger partial charge >= 0.3 is 0 Å². The standard InChI is InChI=1S/C13H21N3O/c1-11-9-15-7-8-16(11)13(17)4-2-3-12-5-6-14-10-12/h5-6,10-11,14-15H,2-4,7-9H2,1H3. The third-order valence-corrected chi connectivity index (χ3v) is 3.34. The molecule has 2 N–H and O–H groups in total. The highest BCUT2D eigenvalue weighted by Crippen LogP contribution is 2.09. The fraction of sp³-hybridized carbons (Fsp3) is 0.615. The van der Waals surface area contributed by atoms with Crippen molar-refractivity contribution in [3.05, 3.63) is 24.0 Å². The molecule has 1 aliphatic rings. The van der Waals surface area contributed by atoms with Crippen LogP contribution in [0.4, 0.5) is 0 Å². The molecule has 1 aliphatic heterocycles. The van der Waals surface area contributed by atoms with Crippen molar-refractivity contribution < 1.29 is 4.79 Å². The average Bonchev–Trinajstić information content (AvgIpc) is 2.82. The molecule has 1 aromatic rings. The summed E-state index contributed by atoms with van der Waals surface area (Å²) in [6.45, 7) is 4.80. The summed E-state index contributed by atoms with van der Waals surface area (Å²) < 4.78 is 0. The van der Waals surface area contributed by atoms with Crippen molar-refractivity contribution in [2.45, 2.75) is 32.2 Å². The summed E-state index contributed by atoms with van der Waals surface area (Å²) in [6.07, 6.45) is 6.51. The number of aromatic amines is 1. The molecule has 1 aromatic heterocycles. The molecule has 2 rings (SSSR count). The summed E-state index contributed by atoms with van der Waals surface area (Å²) >= 11 is 0. The summed E-state index contributed by atoms with van der Waals surface area (Å²) in [4.78, 5) is 17.1. The molecule has 4 nitrogen and oxygen atoms in total. The summed E-state index contributed by atoms with van der Waals surface area (Å²) in [5.41, 5.74) is 1.28. The lowest BCUT2D eigenvalue weighted by atomic mass is 10.1. The zero-order chi connectivity index (χ0) is 12.1. The molecule has 4 heteroatoms. The Morgan fingerprint density at radius 3 is 3.18 bits per heavy atom. The molecule has 1 saturated heterocycles. The van der Waals surface area contributed by atoms with E-state index >= 15 is 0 Å². The Bertz CT molecular complexity index is 348. The van der Waals surface area contributed by atoms with Gasteiger partial charge in [0.1, 0.15) is 0 Å². The fourth-order valence-electron chi connectivity index (χ4n) is 2.31. The Morgan fingerprint density at radius 2 is 2.47 bits per heavy atom. The molecule has 0 aliphatic carbocycles. The molecule has 0 saturated carbocycles. The van der Waals surface area contributed by atoms with Gasteiger partial charge in [-0.15, -0.1) is 0 Å². The minimum Gasteiger partial charge on any atom is -0.367 e. The number of carbonyl (C=O) groups is 1. The number of hydrogen-bond donors (Lipinski definition) is 2.